The van der Waals surface area contributed by atoms with E-state index in [1.807, 2.05) is 42.5 Å². The third kappa shape index (κ3) is 3.64. The summed E-state index contributed by atoms with van der Waals surface area (Å²) in [6, 6.07) is 18.7. The molecule has 4 nitrogen and oxygen atoms in total. The lowest BCUT2D eigenvalue weighted by Gasteiger charge is -2.17. The summed E-state index contributed by atoms with van der Waals surface area (Å²) in [7, 11) is 0. The summed E-state index contributed by atoms with van der Waals surface area (Å²) in [6.45, 7) is 0.316. The van der Waals surface area contributed by atoms with Gasteiger partial charge in [0.05, 0.1) is 16.0 Å². The lowest BCUT2D eigenvalue weighted by molar-refractivity contribution is -0.122. The molecule has 0 aromatic heterocycles. The van der Waals surface area contributed by atoms with Crippen molar-refractivity contribution >= 4 is 57.2 Å². The number of anilines is 2. The summed E-state index contributed by atoms with van der Waals surface area (Å²) in [5.41, 5.74) is 1.37. The van der Waals surface area contributed by atoms with Crippen molar-refractivity contribution in [2.45, 2.75) is 6.42 Å². The molecule has 1 heterocycles. The molecule has 4 rings (SSSR count). The zero-order valence-electron chi connectivity index (χ0n) is 14.3. The predicted octanol–water partition coefficient (Wildman–Crippen LogP) is 5.14. The van der Waals surface area contributed by atoms with E-state index in [9.17, 15) is 9.59 Å². The molecule has 1 fully saturated rings. The van der Waals surface area contributed by atoms with Gasteiger partial charge in [-0.15, -0.1) is 0 Å². The fraction of sp³-hybridized carbons (Fsp3) is 0.143. The molecule has 0 radical (unpaired) electrons. The average Bonchev–Trinajstić information content (AvgIpc) is 3.06. The number of rotatable bonds is 3. The zero-order valence-corrected chi connectivity index (χ0v) is 15.8. The first-order chi connectivity index (χ1) is 13.0. The highest BCUT2D eigenvalue weighted by Gasteiger charge is 2.35. The van der Waals surface area contributed by atoms with Crippen LogP contribution in [0.25, 0.3) is 10.8 Å². The minimum Gasteiger partial charge on any atom is -0.326 e. The standard InChI is InChI=1S/C21H16Cl2N2O2/c22-18-8-7-17(11-19(18)23)25-12-15(10-20(25)26)21(27)24-16-6-5-13-3-1-2-4-14(13)9-16/h1-9,11,15H,10,12H2,(H,24,27). The molecule has 0 aliphatic carbocycles. The van der Waals surface area contributed by atoms with Crippen LogP contribution in [-0.2, 0) is 9.59 Å². The van der Waals surface area contributed by atoms with Crippen molar-refractivity contribution in [3.63, 3.8) is 0 Å². The molecule has 3 aromatic carbocycles. The molecule has 1 N–H and O–H groups in total. The molecule has 1 unspecified atom stereocenters. The van der Waals surface area contributed by atoms with E-state index < -0.39 is 5.92 Å². The third-order valence-corrected chi connectivity index (χ3v) is 5.47. The number of benzene rings is 3. The summed E-state index contributed by atoms with van der Waals surface area (Å²) in [5, 5.41) is 5.89. The van der Waals surface area contributed by atoms with E-state index in [1.165, 1.54) is 0 Å². The normalized spacial score (nSPS) is 16.7. The number of nitrogens with one attached hydrogen (secondary N) is 1. The highest BCUT2D eigenvalue weighted by molar-refractivity contribution is 6.42. The molecule has 136 valence electrons. The molecule has 3 aromatic rings. The van der Waals surface area contributed by atoms with Crippen LogP contribution >= 0.6 is 23.2 Å². The van der Waals surface area contributed by atoms with Gasteiger partial charge in [-0.2, -0.15) is 0 Å². The Morgan fingerprint density at radius 1 is 0.963 bits per heavy atom. The lowest BCUT2D eigenvalue weighted by atomic mass is 10.1. The first-order valence-electron chi connectivity index (χ1n) is 8.56. The molecular formula is C21H16Cl2N2O2. The van der Waals surface area contributed by atoms with E-state index in [1.54, 1.807) is 23.1 Å². The molecule has 1 saturated heterocycles. The van der Waals surface area contributed by atoms with Gasteiger partial charge in [-0.1, -0.05) is 53.5 Å². The molecule has 1 aliphatic rings. The molecule has 0 saturated carbocycles. The number of carbonyl (C=O) groups excluding carboxylic acids is 2. The van der Waals surface area contributed by atoms with Gasteiger partial charge in [0.2, 0.25) is 11.8 Å². The summed E-state index contributed by atoms with van der Waals surface area (Å²) in [4.78, 5) is 26.6. The van der Waals surface area contributed by atoms with Gasteiger partial charge in [-0.05, 0) is 41.1 Å². The molecule has 2 amide bonds. The quantitative estimate of drug-likeness (QED) is 0.663. The Labute approximate surface area is 166 Å². The van der Waals surface area contributed by atoms with E-state index in [2.05, 4.69) is 5.32 Å². The van der Waals surface area contributed by atoms with Crippen LogP contribution in [0, 0.1) is 5.92 Å². The SMILES string of the molecule is O=C(Nc1ccc2ccccc2c1)C1CC(=O)N(c2ccc(Cl)c(Cl)c2)C1. The minimum absolute atomic E-state index is 0.105. The van der Waals surface area contributed by atoms with Crippen LogP contribution in [0.4, 0.5) is 11.4 Å². The number of hydrogen-bond donors (Lipinski definition) is 1. The second-order valence-corrected chi connectivity index (χ2v) is 7.37. The summed E-state index contributed by atoms with van der Waals surface area (Å²) in [5.74, 6) is -0.688. The van der Waals surface area contributed by atoms with Crippen LogP contribution in [-0.4, -0.2) is 18.4 Å². The Kier molecular flexibility index (Phi) is 4.77. The van der Waals surface area contributed by atoms with Crippen LogP contribution in [0.15, 0.2) is 60.7 Å². The molecule has 27 heavy (non-hydrogen) atoms. The third-order valence-electron chi connectivity index (χ3n) is 4.73. The van der Waals surface area contributed by atoms with Crippen LogP contribution in [0.1, 0.15) is 6.42 Å². The van der Waals surface area contributed by atoms with Gasteiger partial charge in [0.25, 0.3) is 0 Å². The Morgan fingerprint density at radius 3 is 2.52 bits per heavy atom. The second-order valence-electron chi connectivity index (χ2n) is 6.55. The molecular weight excluding hydrogens is 383 g/mol. The van der Waals surface area contributed by atoms with E-state index in [4.69, 9.17) is 23.2 Å². The average molecular weight is 399 g/mol. The summed E-state index contributed by atoms with van der Waals surface area (Å²) < 4.78 is 0. The highest BCUT2D eigenvalue weighted by atomic mass is 35.5. The van der Waals surface area contributed by atoms with Gasteiger partial charge in [-0.3, -0.25) is 9.59 Å². The van der Waals surface area contributed by atoms with Crippen LogP contribution < -0.4 is 10.2 Å². The van der Waals surface area contributed by atoms with E-state index in [-0.39, 0.29) is 18.2 Å². The number of carbonyl (C=O) groups is 2. The van der Waals surface area contributed by atoms with Crippen molar-refractivity contribution in [1.29, 1.82) is 0 Å². The fourth-order valence-electron chi connectivity index (χ4n) is 3.30. The Hall–Kier alpha value is -2.56. The summed E-state index contributed by atoms with van der Waals surface area (Å²) in [6.07, 6.45) is 0.166. The smallest absolute Gasteiger partial charge is 0.229 e. The monoisotopic (exact) mass is 398 g/mol. The Morgan fingerprint density at radius 2 is 1.74 bits per heavy atom. The van der Waals surface area contributed by atoms with Crippen molar-refractivity contribution < 1.29 is 9.59 Å². The molecule has 1 atom stereocenters. The van der Waals surface area contributed by atoms with Crippen molar-refractivity contribution in [2.24, 2.45) is 5.92 Å². The number of halogens is 2. The summed E-state index contributed by atoms with van der Waals surface area (Å²) >= 11 is 12.0. The molecule has 6 heteroatoms. The lowest BCUT2D eigenvalue weighted by Crippen LogP contribution is -2.28. The molecule has 1 aliphatic heterocycles. The van der Waals surface area contributed by atoms with Crippen LogP contribution in [0.2, 0.25) is 10.0 Å². The van der Waals surface area contributed by atoms with Crippen molar-refractivity contribution in [2.75, 3.05) is 16.8 Å². The molecule has 0 spiro atoms. The fourth-order valence-corrected chi connectivity index (χ4v) is 3.59. The van der Waals surface area contributed by atoms with E-state index >= 15 is 0 Å². The first-order valence-corrected chi connectivity index (χ1v) is 9.32. The van der Waals surface area contributed by atoms with Gasteiger partial charge >= 0.3 is 0 Å². The number of nitrogens with zero attached hydrogens (tertiary/aromatic N) is 1. The maximum atomic E-state index is 12.7. The minimum atomic E-state index is -0.418. The van der Waals surface area contributed by atoms with Gasteiger partial charge in [0.1, 0.15) is 0 Å². The topological polar surface area (TPSA) is 49.4 Å². The zero-order chi connectivity index (χ0) is 19.0. The van der Waals surface area contributed by atoms with Crippen LogP contribution in [0.5, 0.6) is 0 Å². The maximum Gasteiger partial charge on any atom is 0.229 e. The number of amides is 2. The van der Waals surface area contributed by atoms with Gasteiger partial charge in [0, 0.05) is 24.3 Å². The van der Waals surface area contributed by atoms with Gasteiger partial charge in [0.15, 0.2) is 0 Å². The largest absolute Gasteiger partial charge is 0.326 e. The highest BCUT2D eigenvalue weighted by Crippen LogP contribution is 2.31. The van der Waals surface area contributed by atoms with Crippen molar-refractivity contribution in [3.05, 3.63) is 70.7 Å². The Bertz CT molecular complexity index is 1050. The second kappa shape index (κ2) is 7.22. The molecule has 0 bridgehead atoms. The number of fused-ring (bicyclic) bond motifs is 1. The number of hydrogen-bond acceptors (Lipinski definition) is 2. The van der Waals surface area contributed by atoms with Gasteiger partial charge < -0.3 is 10.2 Å². The van der Waals surface area contributed by atoms with Crippen LogP contribution in [0.3, 0.4) is 0 Å². The van der Waals surface area contributed by atoms with Gasteiger partial charge in [-0.25, -0.2) is 0 Å². The first kappa shape index (κ1) is 17.8. The van der Waals surface area contributed by atoms with Crippen molar-refractivity contribution in [3.8, 4) is 0 Å². The van der Waals surface area contributed by atoms with E-state index in [0.717, 1.165) is 16.5 Å². The Balaban J connectivity index is 1.49. The van der Waals surface area contributed by atoms with E-state index in [0.29, 0.717) is 22.3 Å². The van der Waals surface area contributed by atoms with Crippen molar-refractivity contribution in [1.82, 2.24) is 0 Å². The predicted molar refractivity (Wildman–Crippen MR) is 109 cm³/mol. The maximum absolute atomic E-state index is 12.7.